The molecule has 0 aliphatic rings. The Balaban J connectivity index is 0.00000338. The fraction of sp³-hybridized carbons (Fsp3) is 0.316. The number of guanidine groups is 1. The number of benzene rings is 2. The van der Waals surface area contributed by atoms with E-state index < -0.39 is 0 Å². The van der Waals surface area contributed by atoms with Crippen LogP contribution in [0.3, 0.4) is 0 Å². The van der Waals surface area contributed by atoms with Gasteiger partial charge in [0.1, 0.15) is 5.75 Å². The lowest BCUT2D eigenvalue weighted by atomic mass is 10.1. The Morgan fingerprint density at radius 3 is 2.31 bits per heavy atom. The van der Waals surface area contributed by atoms with E-state index in [1.165, 1.54) is 0 Å². The summed E-state index contributed by atoms with van der Waals surface area (Å²) < 4.78 is 15.9. The highest BCUT2D eigenvalue weighted by molar-refractivity contribution is 14.0. The van der Waals surface area contributed by atoms with Gasteiger partial charge in [0.25, 0.3) is 0 Å². The quantitative estimate of drug-likeness (QED) is 0.369. The number of hydrogen-bond acceptors (Lipinski definition) is 4. The van der Waals surface area contributed by atoms with E-state index in [9.17, 15) is 0 Å². The number of aryl methyl sites for hydroxylation is 1. The summed E-state index contributed by atoms with van der Waals surface area (Å²) in [6.07, 6.45) is 0. The molecule has 26 heavy (non-hydrogen) atoms. The van der Waals surface area contributed by atoms with Gasteiger partial charge in [-0.2, -0.15) is 0 Å². The van der Waals surface area contributed by atoms with Gasteiger partial charge in [0.15, 0.2) is 17.5 Å². The van der Waals surface area contributed by atoms with E-state index in [2.05, 4.69) is 10.3 Å². The van der Waals surface area contributed by atoms with Gasteiger partial charge >= 0.3 is 0 Å². The Bertz CT molecular complexity index is 751. The normalized spacial score (nSPS) is 10.7. The number of nitrogens with zero attached hydrogens (tertiary/aromatic N) is 1. The molecule has 2 aromatic rings. The zero-order chi connectivity index (χ0) is 18.2. The second-order valence-electron chi connectivity index (χ2n) is 5.56. The predicted octanol–water partition coefficient (Wildman–Crippen LogP) is 3.24. The molecule has 0 aliphatic heterocycles. The summed E-state index contributed by atoms with van der Waals surface area (Å²) in [5.74, 6) is 2.57. The molecular formula is C19H26IN3O3. The van der Waals surface area contributed by atoms with E-state index in [-0.39, 0.29) is 24.0 Å². The number of methoxy groups -OCH3 is 3. The van der Waals surface area contributed by atoms with Gasteiger partial charge in [-0.3, -0.25) is 0 Å². The van der Waals surface area contributed by atoms with E-state index in [0.717, 1.165) is 22.4 Å². The van der Waals surface area contributed by atoms with Gasteiger partial charge in [-0.15, -0.1) is 24.0 Å². The Labute approximate surface area is 171 Å². The van der Waals surface area contributed by atoms with Crippen LogP contribution in [0.4, 0.5) is 0 Å². The van der Waals surface area contributed by atoms with Crippen molar-refractivity contribution in [2.24, 2.45) is 10.7 Å². The topological polar surface area (TPSA) is 78.1 Å². The van der Waals surface area contributed by atoms with Crippen molar-refractivity contribution in [3.63, 3.8) is 0 Å². The van der Waals surface area contributed by atoms with Crippen LogP contribution in [0.2, 0.25) is 0 Å². The lowest BCUT2D eigenvalue weighted by Crippen LogP contribution is -2.31. The SMILES string of the molecule is COc1cc(C)ccc1CNC(N)=NCc1ccc(OC)c(OC)c1.I. The van der Waals surface area contributed by atoms with E-state index in [1.54, 1.807) is 21.3 Å². The van der Waals surface area contributed by atoms with Gasteiger partial charge in [0.2, 0.25) is 0 Å². The molecule has 142 valence electrons. The summed E-state index contributed by atoms with van der Waals surface area (Å²) in [7, 11) is 4.87. The first-order valence-electron chi connectivity index (χ1n) is 7.95. The molecule has 0 atom stereocenters. The van der Waals surface area contributed by atoms with Crippen molar-refractivity contribution in [1.82, 2.24) is 5.32 Å². The number of nitrogens with two attached hydrogens (primary N) is 1. The third kappa shape index (κ3) is 5.98. The number of hydrogen-bond donors (Lipinski definition) is 2. The van der Waals surface area contributed by atoms with Crippen molar-refractivity contribution in [3.05, 3.63) is 53.1 Å². The second kappa shape index (κ2) is 10.7. The average Bonchev–Trinajstić information content (AvgIpc) is 2.64. The number of ether oxygens (including phenoxy) is 3. The first-order chi connectivity index (χ1) is 12.1. The smallest absolute Gasteiger partial charge is 0.189 e. The molecule has 0 heterocycles. The standard InChI is InChI=1S/C19H25N3O3.HI/c1-13-5-7-15(17(9-13)24-3)12-22-19(20)21-11-14-6-8-16(23-2)18(10-14)25-4;/h5-10H,11-12H2,1-4H3,(H3,20,21,22);1H. The van der Waals surface area contributed by atoms with Gasteiger partial charge in [0.05, 0.1) is 27.9 Å². The summed E-state index contributed by atoms with van der Waals surface area (Å²) in [5, 5.41) is 3.11. The lowest BCUT2D eigenvalue weighted by Gasteiger charge is -2.11. The van der Waals surface area contributed by atoms with Gasteiger partial charge in [-0.05, 0) is 36.2 Å². The molecule has 0 aliphatic carbocycles. The second-order valence-corrected chi connectivity index (χ2v) is 5.56. The summed E-state index contributed by atoms with van der Waals surface area (Å²) in [6, 6.07) is 11.7. The first kappa shape index (κ1) is 21.9. The molecule has 0 amide bonds. The highest BCUT2D eigenvalue weighted by Crippen LogP contribution is 2.27. The lowest BCUT2D eigenvalue weighted by molar-refractivity contribution is 0.354. The van der Waals surface area contributed by atoms with Crippen LogP contribution in [0.15, 0.2) is 41.4 Å². The maximum absolute atomic E-state index is 5.96. The minimum Gasteiger partial charge on any atom is -0.496 e. The van der Waals surface area contributed by atoms with Crippen molar-refractivity contribution in [2.75, 3.05) is 21.3 Å². The molecule has 0 bridgehead atoms. The average molecular weight is 471 g/mol. The molecular weight excluding hydrogens is 445 g/mol. The molecule has 0 saturated carbocycles. The molecule has 2 rings (SSSR count). The third-order valence-electron chi connectivity index (χ3n) is 3.78. The summed E-state index contributed by atoms with van der Waals surface area (Å²) >= 11 is 0. The summed E-state index contributed by atoms with van der Waals surface area (Å²) in [4.78, 5) is 4.36. The van der Waals surface area contributed by atoms with E-state index in [4.69, 9.17) is 19.9 Å². The van der Waals surface area contributed by atoms with Crippen molar-refractivity contribution in [1.29, 1.82) is 0 Å². The van der Waals surface area contributed by atoms with E-state index >= 15 is 0 Å². The minimum absolute atomic E-state index is 0. The van der Waals surface area contributed by atoms with Crippen LogP contribution in [0, 0.1) is 6.92 Å². The fourth-order valence-corrected chi connectivity index (χ4v) is 2.39. The molecule has 0 saturated heterocycles. The Hall–Kier alpha value is -2.16. The Kier molecular flexibility index (Phi) is 9.04. The highest BCUT2D eigenvalue weighted by Gasteiger charge is 2.05. The van der Waals surface area contributed by atoms with E-state index in [1.807, 2.05) is 43.3 Å². The monoisotopic (exact) mass is 471 g/mol. The molecule has 0 fully saturated rings. The van der Waals surface area contributed by atoms with Crippen LogP contribution in [0.5, 0.6) is 17.2 Å². The van der Waals surface area contributed by atoms with Crippen LogP contribution < -0.4 is 25.3 Å². The Morgan fingerprint density at radius 1 is 0.962 bits per heavy atom. The predicted molar refractivity (Wildman–Crippen MR) is 115 cm³/mol. The first-order valence-corrected chi connectivity index (χ1v) is 7.95. The maximum atomic E-state index is 5.96. The van der Waals surface area contributed by atoms with Gasteiger partial charge in [0, 0.05) is 12.1 Å². The summed E-state index contributed by atoms with van der Waals surface area (Å²) in [5.41, 5.74) is 9.12. The molecule has 6 nitrogen and oxygen atoms in total. The van der Waals surface area contributed by atoms with Crippen LogP contribution in [0.25, 0.3) is 0 Å². The molecule has 3 N–H and O–H groups in total. The molecule has 7 heteroatoms. The number of halogens is 1. The van der Waals surface area contributed by atoms with Crippen molar-refractivity contribution < 1.29 is 14.2 Å². The zero-order valence-electron chi connectivity index (χ0n) is 15.5. The molecule has 0 aromatic heterocycles. The zero-order valence-corrected chi connectivity index (χ0v) is 17.9. The van der Waals surface area contributed by atoms with Crippen LogP contribution in [-0.4, -0.2) is 27.3 Å². The minimum atomic E-state index is 0. The molecule has 0 radical (unpaired) electrons. The van der Waals surface area contributed by atoms with E-state index in [0.29, 0.717) is 30.5 Å². The number of rotatable bonds is 7. The molecule has 0 unspecified atom stereocenters. The highest BCUT2D eigenvalue weighted by atomic mass is 127. The number of aliphatic imine (C=N–C) groups is 1. The number of nitrogens with one attached hydrogen (secondary N) is 1. The van der Waals surface area contributed by atoms with Crippen molar-refractivity contribution >= 4 is 29.9 Å². The maximum Gasteiger partial charge on any atom is 0.189 e. The van der Waals surface area contributed by atoms with Crippen molar-refractivity contribution in [3.8, 4) is 17.2 Å². The summed E-state index contributed by atoms with van der Waals surface area (Å²) in [6.45, 7) is 3.02. The van der Waals surface area contributed by atoms with Crippen LogP contribution >= 0.6 is 24.0 Å². The van der Waals surface area contributed by atoms with Crippen LogP contribution in [-0.2, 0) is 13.1 Å². The van der Waals surface area contributed by atoms with Gasteiger partial charge in [-0.1, -0.05) is 18.2 Å². The Morgan fingerprint density at radius 2 is 1.65 bits per heavy atom. The molecule has 2 aromatic carbocycles. The largest absolute Gasteiger partial charge is 0.496 e. The molecule has 0 spiro atoms. The fourth-order valence-electron chi connectivity index (χ4n) is 2.39. The third-order valence-corrected chi connectivity index (χ3v) is 3.78. The van der Waals surface area contributed by atoms with Crippen LogP contribution in [0.1, 0.15) is 16.7 Å². The van der Waals surface area contributed by atoms with Crippen molar-refractivity contribution in [2.45, 2.75) is 20.0 Å². The van der Waals surface area contributed by atoms with Gasteiger partial charge in [-0.25, -0.2) is 4.99 Å². The van der Waals surface area contributed by atoms with Gasteiger partial charge < -0.3 is 25.3 Å².